The molecule has 1 atom stereocenters. The Morgan fingerprint density at radius 2 is 1.97 bits per heavy atom. The molecule has 1 unspecified atom stereocenters. The smallest absolute Gasteiger partial charge is 0.321 e. The largest absolute Gasteiger partial charge is 0.338 e. The molecule has 0 radical (unpaired) electrons. The van der Waals surface area contributed by atoms with Gasteiger partial charge in [0.05, 0.1) is 11.2 Å². The van der Waals surface area contributed by atoms with Gasteiger partial charge in [0.15, 0.2) is 0 Å². The first-order valence-electron chi connectivity index (χ1n) is 10.7. The lowest BCUT2D eigenvalue weighted by molar-refractivity contribution is 0.252. The number of hydrogen-bond donors (Lipinski definition) is 3. The Balaban J connectivity index is 1.81. The summed E-state index contributed by atoms with van der Waals surface area (Å²) in [4.78, 5) is 32.4. The van der Waals surface area contributed by atoms with Gasteiger partial charge in [-0.15, -0.1) is 0 Å². The summed E-state index contributed by atoms with van der Waals surface area (Å²) in [5, 5.41) is 9.73. The molecule has 0 aliphatic rings. The lowest BCUT2D eigenvalue weighted by Gasteiger charge is -2.19. The van der Waals surface area contributed by atoms with E-state index in [2.05, 4.69) is 39.5 Å². The van der Waals surface area contributed by atoms with Crippen LogP contribution in [-0.2, 0) is 0 Å². The van der Waals surface area contributed by atoms with E-state index in [1.807, 2.05) is 50.5 Å². The Labute approximate surface area is 185 Å². The molecular formula is C23H27N7O2. The van der Waals surface area contributed by atoms with Gasteiger partial charge in [0, 0.05) is 37.2 Å². The topological polar surface area (TPSA) is 110 Å². The van der Waals surface area contributed by atoms with Gasteiger partial charge in [-0.25, -0.2) is 14.5 Å². The third-order valence-electron chi connectivity index (χ3n) is 5.57. The van der Waals surface area contributed by atoms with Gasteiger partial charge in [0.1, 0.15) is 5.52 Å². The lowest BCUT2D eigenvalue weighted by atomic mass is 10.0. The van der Waals surface area contributed by atoms with E-state index in [-0.39, 0.29) is 17.6 Å². The van der Waals surface area contributed by atoms with E-state index in [9.17, 15) is 9.59 Å². The summed E-state index contributed by atoms with van der Waals surface area (Å²) in [7, 11) is 0. The number of nitrogens with zero attached hydrogens (tertiary/aromatic N) is 4. The number of amides is 2. The van der Waals surface area contributed by atoms with E-state index in [0.29, 0.717) is 23.9 Å². The number of pyridine rings is 1. The number of aromatic amines is 1. The number of carbonyl (C=O) groups is 1. The molecular weight excluding hydrogens is 406 g/mol. The van der Waals surface area contributed by atoms with Crippen LogP contribution < -0.4 is 16.2 Å². The van der Waals surface area contributed by atoms with Crippen LogP contribution in [0.4, 0.5) is 10.7 Å². The molecule has 0 aliphatic carbocycles. The quantitative estimate of drug-likeness (QED) is 0.428. The van der Waals surface area contributed by atoms with Crippen molar-refractivity contribution in [1.29, 1.82) is 0 Å². The molecule has 9 heteroatoms. The number of urea groups is 1. The molecule has 0 aliphatic heterocycles. The molecule has 2 amide bonds. The summed E-state index contributed by atoms with van der Waals surface area (Å²) < 4.78 is 3.47. The molecule has 0 saturated carbocycles. The van der Waals surface area contributed by atoms with Gasteiger partial charge in [0.25, 0.3) is 5.56 Å². The van der Waals surface area contributed by atoms with Crippen LogP contribution in [0.25, 0.3) is 27.8 Å². The molecule has 166 valence electrons. The number of carbonyl (C=O) groups excluding carboxylic acids is 1. The Bertz CT molecular complexity index is 1300. The molecule has 9 nitrogen and oxygen atoms in total. The zero-order chi connectivity index (χ0) is 22.8. The highest BCUT2D eigenvalue weighted by molar-refractivity contribution is 5.94. The predicted molar refractivity (Wildman–Crippen MR) is 125 cm³/mol. The number of aromatic nitrogens is 5. The van der Waals surface area contributed by atoms with Crippen molar-refractivity contribution in [3.63, 3.8) is 0 Å². The maximum absolute atomic E-state index is 12.8. The normalized spacial score (nSPS) is 12.3. The van der Waals surface area contributed by atoms with Gasteiger partial charge >= 0.3 is 6.03 Å². The highest BCUT2D eigenvalue weighted by Gasteiger charge is 2.16. The van der Waals surface area contributed by atoms with Gasteiger partial charge in [-0.2, -0.15) is 5.10 Å². The van der Waals surface area contributed by atoms with Crippen LogP contribution in [-0.4, -0.2) is 36.9 Å². The minimum Gasteiger partial charge on any atom is -0.338 e. The molecule has 0 spiro atoms. The van der Waals surface area contributed by atoms with E-state index in [1.54, 1.807) is 21.5 Å². The summed E-state index contributed by atoms with van der Waals surface area (Å²) >= 11 is 0. The van der Waals surface area contributed by atoms with Gasteiger partial charge in [-0.3, -0.25) is 10.1 Å². The van der Waals surface area contributed by atoms with Crippen molar-refractivity contribution in [3.05, 3.63) is 59.3 Å². The zero-order valence-corrected chi connectivity index (χ0v) is 18.6. The molecule has 1 aromatic carbocycles. The maximum Gasteiger partial charge on any atom is 0.321 e. The van der Waals surface area contributed by atoms with Crippen LogP contribution >= 0.6 is 0 Å². The Morgan fingerprint density at radius 3 is 2.62 bits per heavy atom. The molecule has 0 bridgehead atoms. The summed E-state index contributed by atoms with van der Waals surface area (Å²) in [5.74, 6) is 0.680. The van der Waals surface area contributed by atoms with Crippen molar-refractivity contribution in [2.75, 3.05) is 11.9 Å². The Kier molecular flexibility index (Phi) is 5.81. The van der Waals surface area contributed by atoms with Gasteiger partial charge in [0.2, 0.25) is 5.95 Å². The third kappa shape index (κ3) is 4.14. The van der Waals surface area contributed by atoms with Crippen molar-refractivity contribution < 1.29 is 4.79 Å². The summed E-state index contributed by atoms with van der Waals surface area (Å²) in [6.45, 7) is 8.59. The van der Waals surface area contributed by atoms with Crippen molar-refractivity contribution in [2.24, 2.45) is 5.92 Å². The van der Waals surface area contributed by atoms with Crippen LogP contribution in [0.2, 0.25) is 0 Å². The number of benzene rings is 1. The monoisotopic (exact) mass is 433 g/mol. The van der Waals surface area contributed by atoms with E-state index < -0.39 is 0 Å². The average Bonchev–Trinajstić information content (AvgIpc) is 3.42. The first-order chi connectivity index (χ1) is 15.4. The van der Waals surface area contributed by atoms with E-state index in [4.69, 9.17) is 0 Å². The molecule has 0 saturated heterocycles. The minimum absolute atomic E-state index is 0.0485. The number of nitrogens with one attached hydrogen (secondary N) is 3. The zero-order valence-electron chi connectivity index (χ0n) is 18.6. The number of H-pyrrole nitrogens is 1. The fourth-order valence-electron chi connectivity index (χ4n) is 3.55. The SMILES string of the molecule is CCNC(=O)Nc1nc2c(-n3cccn3)cc(-c3ccn(C(C)C(C)C)c(=O)c3)cc2[nH]1. The number of imidazole rings is 1. The number of hydrogen-bond acceptors (Lipinski definition) is 4. The highest BCUT2D eigenvalue weighted by Crippen LogP contribution is 2.29. The van der Waals surface area contributed by atoms with Gasteiger partial charge < -0.3 is 14.9 Å². The minimum atomic E-state index is -0.338. The molecule has 3 N–H and O–H groups in total. The standard InChI is InChI=1S/C23H27N7O2/c1-5-24-23(32)28-22-26-18-11-17(12-19(21(18)27-22)30-9-6-8-25-30)16-7-10-29(20(31)13-16)15(4)14(2)3/h6-15H,5H2,1-4H3,(H3,24,26,27,28,32). The van der Waals surface area contributed by atoms with Crippen LogP contribution in [0.15, 0.2) is 53.7 Å². The summed E-state index contributed by atoms with van der Waals surface area (Å²) in [5.41, 5.74) is 3.71. The van der Waals surface area contributed by atoms with Crippen LogP contribution in [0.3, 0.4) is 0 Å². The van der Waals surface area contributed by atoms with Crippen LogP contribution in [0, 0.1) is 5.92 Å². The molecule has 4 aromatic rings. The summed E-state index contributed by atoms with van der Waals surface area (Å²) in [6.07, 6.45) is 5.36. The predicted octanol–water partition coefficient (Wildman–Crippen LogP) is 3.94. The first kappa shape index (κ1) is 21.4. The fraction of sp³-hybridized carbons (Fsp3) is 0.304. The maximum atomic E-state index is 12.8. The highest BCUT2D eigenvalue weighted by atomic mass is 16.2. The molecule has 32 heavy (non-hydrogen) atoms. The van der Waals surface area contributed by atoms with Crippen LogP contribution in [0.1, 0.15) is 33.7 Å². The van der Waals surface area contributed by atoms with Crippen LogP contribution in [0.5, 0.6) is 0 Å². The van der Waals surface area contributed by atoms with Crippen molar-refractivity contribution in [2.45, 2.75) is 33.7 Å². The summed E-state index contributed by atoms with van der Waals surface area (Å²) in [6, 6.07) is 9.05. The molecule has 3 aromatic heterocycles. The van der Waals surface area contributed by atoms with Crippen molar-refractivity contribution in [1.82, 2.24) is 29.6 Å². The van der Waals surface area contributed by atoms with E-state index in [0.717, 1.165) is 22.3 Å². The lowest BCUT2D eigenvalue weighted by Crippen LogP contribution is -2.28. The number of fused-ring (bicyclic) bond motifs is 1. The van der Waals surface area contributed by atoms with E-state index in [1.165, 1.54) is 0 Å². The van der Waals surface area contributed by atoms with Crippen molar-refractivity contribution in [3.8, 4) is 16.8 Å². The van der Waals surface area contributed by atoms with Gasteiger partial charge in [-0.05, 0) is 55.2 Å². The van der Waals surface area contributed by atoms with Crippen molar-refractivity contribution >= 4 is 23.0 Å². The van der Waals surface area contributed by atoms with Gasteiger partial charge in [-0.1, -0.05) is 13.8 Å². The molecule has 0 fully saturated rings. The molecule has 4 rings (SSSR count). The third-order valence-corrected chi connectivity index (χ3v) is 5.57. The second-order valence-electron chi connectivity index (χ2n) is 8.06. The Morgan fingerprint density at radius 1 is 1.16 bits per heavy atom. The Hall–Kier alpha value is -3.88. The number of anilines is 1. The second-order valence-corrected chi connectivity index (χ2v) is 8.06. The van der Waals surface area contributed by atoms with E-state index >= 15 is 0 Å². The first-order valence-corrected chi connectivity index (χ1v) is 10.7. The average molecular weight is 434 g/mol. The number of rotatable bonds is 6. The molecule has 3 heterocycles. The fourth-order valence-corrected chi connectivity index (χ4v) is 3.55. The second kappa shape index (κ2) is 8.70.